The Hall–Kier alpha value is -2.05. The molecule has 1 aromatic carbocycles. The van der Waals surface area contributed by atoms with Gasteiger partial charge >= 0.3 is 5.97 Å². The molecule has 0 atom stereocenters. The molecule has 0 heterocycles. The van der Waals surface area contributed by atoms with E-state index in [1.165, 1.54) is 6.08 Å². The maximum Gasteiger partial charge on any atom is 0.328 e. The third-order valence-corrected chi connectivity index (χ3v) is 1.83. The highest BCUT2D eigenvalue weighted by Gasteiger charge is 1.95. The van der Waals surface area contributed by atoms with E-state index in [0.29, 0.717) is 6.42 Å². The van der Waals surface area contributed by atoms with Crippen molar-refractivity contribution in [3.05, 3.63) is 41.5 Å². The fourth-order valence-electron chi connectivity index (χ4n) is 1.13. The van der Waals surface area contributed by atoms with Crippen LogP contribution in [-0.4, -0.2) is 22.8 Å². The van der Waals surface area contributed by atoms with E-state index >= 15 is 0 Å². The summed E-state index contributed by atoms with van der Waals surface area (Å²) in [7, 11) is 0. The van der Waals surface area contributed by atoms with Crippen LogP contribution in [0.3, 0.4) is 0 Å². The normalized spacial score (nSPS) is 9.81. The molecule has 0 amide bonds. The first-order valence-corrected chi connectivity index (χ1v) is 4.84. The summed E-state index contributed by atoms with van der Waals surface area (Å²) in [6.07, 6.45) is 2.99. The Morgan fingerprint density at radius 1 is 1.38 bits per heavy atom. The molecule has 0 aliphatic rings. The summed E-state index contributed by atoms with van der Waals surface area (Å²) in [5.74, 6) is 4.69. The zero-order chi connectivity index (χ0) is 11.8. The van der Waals surface area contributed by atoms with Gasteiger partial charge in [0.15, 0.2) is 0 Å². The summed E-state index contributed by atoms with van der Waals surface area (Å²) in [4.78, 5) is 10.4. The van der Waals surface area contributed by atoms with Gasteiger partial charge < -0.3 is 10.2 Å². The average Bonchev–Trinajstić information content (AvgIpc) is 2.28. The Morgan fingerprint density at radius 2 is 2.12 bits per heavy atom. The number of aliphatic carboxylic acids is 1. The number of hydrogen-bond acceptors (Lipinski definition) is 2. The quantitative estimate of drug-likeness (QED) is 0.595. The fourth-order valence-corrected chi connectivity index (χ4v) is 1.13. The number of benzene rings is 1. The molecule has 16 heavy (non-hydrogen) atoms. The van der Waals surface area contributed by atoms with Gasteiger partial charge in [-0.1, -0.05) is 30.0 Å². The number of aliphatic hydroxyl groups is 1. The van der Waals surface area contributed by atoms with Gasteiger partial charge in [-0.05, 0) is 17.7 Å². The van der Waals surface area contributed by atoms with E-state index in [0.717, 1.165) is 17.2 Å². The van der Waals surface area contributed by atoms with E-state index in [9.17, 15) is 4.79 Å². The summed E-state index contributed by atoms with van der Waals surface area (Å²) < 4.78 is 0. The number of carboxylic acid groups (broad SMARTS) is 1. The molecule has 0 unspecified atom stereocenters. The Bertz CT molecular complexity index is 450. The molecule has 1 rings (SSSR count). The SMILES string of the molecule is O=C(O)/C=C/c1ccccc1C#CCCO. The average molecular weight is 216 g/mol. The Labute approximate surface area is 94.0 Å². The minimum absolute atomic E-state index is 0.0279. The van der Waals surface area contributed by atoms with Crippen molar-refractivity contribution in [2.45, 2.75) is 6.42 Å². The first kappa shape index (κ1) is 12.0. The molecule has 0 saturated heterocycles. The van der Waals surface area contributed by atoms with Crippen LogP contribution in [0.1, 0.15) is 17.5 Å². The lowest BCUT2D eigenvalue weighted by atomic mass is 10.1. The predicted molar refractivity (Wildman–Crippen MR) is 61.7 cm³/mol. The lowest BCUT2D eigenvalue weighted by Crippen LogP contribution is -1.87. The van der Waals surface area contributed by atoms with E-state index < -0.39 is 5.97 Å². The van der Waals surface area contributed by atoms with Crippen molar-refractivity contribution in [2.24, 2.45) is 0 Å². The third kappa shape index (κ3) is 3.99. The summed E-state index contributed by atoms with van der Waals surface area (Å²) in [5, 5.41) is 17.1. The number of aliphatic hydroxyl groups excluding tert-OH is 1. The molecule has 3 heteroatoms. The number of carboxylic acids is 1. The van der Waals surface area contributed by atoms with Gasteiger partial charge in [-0.25, -0.2) is 4.79 Å². The zero-order valence-electron chi connectivity index (χ0n) is 8.68. The van der Waals surface area contributed by atoms with Gasteiger partial charge in [-0.3, -0.25) is 0 Å². The molecule has 3 nitrogen and oxygen atoms in total. The van der Waals surface area contributed by atoms with Crippen molar-refractivity contribution in [3.63, 3.8) is 0 Å². The Morgan fingerprint density at radius 3 is 2.81 bits per heavy atom. The van der Waals surface area contributed by atoms with Crippen molar-refractivity contribution in [1.29, 1.82) is 0 Å². The summed E-state index contributed by atoms with van der Waals surface area (Å²) in [6, 6.07) is 7.26. The fraction of sp³-hybridized carbons (Fsp3) is 0.154. The molecule has 0 fully saturated rings. The number of rotatable bonds is 3. The van der Waals surface area contributed by atoms with Crippen LogP contribution in [0.2, 0.25) is 0 Å². The van der Waals surface area contributed by atoms with Crippen LogP contribution in [0, 0.1) is 11.8 Å². The topological polar surface area (TPSA) is 57.5 Å². The van der Waals surface area contributed by atoms with Crippen LogP contribution < -0.4 is 0 Å². The van der Waals surface area contributed by atoms with E-state index in [2.05, 4.69) is 11.8 Å². The van der Waals surface area contributed by atoms with Crippen molar-refractivity contribution < 1.29 is 15.0 Å². The largest absolute Gasteiger partial charge is 0.478 e. The molecule has 0 aliphatic carbocycles. The van der Waals surface area contributed by atoms with Gasteiger partial charge in [0.1, 0.15) is 0 Å². The zero-order valence-corrected chi connectivity index (χ0v) is 8.68. The maximum atomic E-state index is 10.4. The molecule has 0 spiro atoms. The first-order chi connectivity index (χ1) is 7.74. The molecule has 0 aromatic heterocycles. The van der Waals surface area contributed by atoms with Crippen LogP contribution >= 0.6 is 0 Å². The first-order valence-electron chi connectivity index (χ1n) is 4.84. The van der Waals surface area contributed by atoms with E-state index in [1.54, 1.807) is 6.07 Å². The number of hydrogen-bond donors (Lipinski definition) is 2. The van der Waals surface area contributed by atoms with Crippen molar-refractivity contribution in [3.8, 4) is 11.8 Å². The minimum Gasteiger partial charge on any atom is -0.478 e. The van der Waals surface area contributed by atoms with Gasteiger partial charge in [0.2, 0.25) is 0 Å². The highest BCUT2D eigenvalue weighted by Crippen LogP contribution is 2.09. The Balaban J connectivity index is 2.93. The van der Waals surface area contributed by atoms with Gasteiger partial charge in [0.05, 0.1) is 6.61 Å². The van der Waals surface area contributed by atoms with Gasteiger partial charge in [0.25, 0.3) is 0 Å². The molecular weight excluding hydrogens is 204 g/mol. The smallest absolute Gasteiger partial charge is 0.328 e. The summed E-state index contributed by atoms with van der Waals surface area (Å²) in [5.41, 5.74) is 1.52. The monoisotopic (exact) mass is 216 g/mol. The van der Waals surface area contributed by atoms with Crippen molar-refractivity contribution in [1.82, 2.24) is 0 Å². The standard InChI is InChI=1S/C13H12O3/c14-10-4-3-7-11-5-1-2-6-12(11)8-9-13(15)16/h1-2,5-6,8-9,14H,4,10H2,(H,15,16)/b9-8+. The van der Waals surface area contributed by atoms with Crippen molar-refractivity contribution >= 4 is 12.0 Å². The van der Waals surface area contributed by atoms with Gasteiger partial charge in [0, 0.05) is 18.1 Å². The highest BCUT2D eigenvalue weighted by atomic mass is 16.4. The van der Waals surface area contributed by atoms with Crippen LogP contribution in [0.5, 0.6) is 0 Å². The van der Waals surface area contributed by atoms with E-state index in [4.69, 9.17) is 10.2 Å². The van der Waals surface area contributed by atoms with Crippen LogP contribution in [0.25, 0.3) is 6.08 Å². The third-order valence-electron chi connectivity index (χ3n) is 1.83. The highest BCUT2D eigenvalue weighted by molar-refractivity contribution is 5.85. The molecule has 0 radical (unpaired) electrons. The van der Waals surface area contributed by atoms with E-state index in [1.807, 2.05) is 18.2 Å². The van der Waals surface area contributed by atoms with Crippen molar-refractivity contribution in [2.75, 3.05) is 6.61 Å². The predicted octanol–water partition coefficient (Wildman–Crippen LogP) is 1.52. The molecule has 2 N–H and O–H groups in total. The number of carbonyl (C=O) groups is 1. The molecular formula is C13H12O3. The lowest BCUT2D eigenvalue weighted by molar-refractivity contribution is -0.131. The minimum atomic E-state index is -0.988. The molecule has 0 bridgehead atoms. The van der Waals surface area contributed by atoms with Crippen LogP contribution in [0.15, 0.2) is 30.3 Å². The van der Waals surface area contributed by atoms with Gasteiger partial charge in [-0.2, -0.15) is 0 Å². The summed E-state index contributed by atoms with van der Waals surface area (Å²) in [6.45, 7) is 0.0279. The maximum absolute atomic E-state index is 10.4. The second-order valence-electron chi connectivity index (χ2n) is 3.03. The lowest BCUT2D eigenvalue weighted by Gasteiger charge is -1.96. The van der Waals surface area contributed by atoms with Crippen LogP contribution in [-0.2, 0) is 4.79 Å². The van der Waals surface area contributed by atoms with E-state index in [-0.39, 0.29) is 6.61 Å². The van der Waals surface area contributed by atoms with Gasteiger partial charge in [-0.15, -0.1) is 0 Å². The summed E-state index contributed by atoms with van der Waals surface area (Å²) >= 11 is 0. The van der Waals surface area contributed by atoms with Crippen LogP contribution in [0.4, 0.5) is 0 Å². The molecule has 0 saturated carbocycles. The molecule has 0 aliphatic heterocycles. The molecule has 82 valence electrons. The second kappa shape index (κ2) is 6.44. The second-order valence-corrected chi connectivity index (χ2v) is 3.03. The Kier molecular flexibility index (Phi) is 4.84. The molecule has 1 aromatic rings.